The second-order valence-corrected chi connectivity index (χ2v) is 11.8. The molecule has 10 heteroatoms. The van der Waals surface area contributed by atoms with Crippen molar-refractivity contribution in [2.24, 2.45) is 7.05 Å². The number of rotatable bonds is 9. The molecule has 1 heterocycles. The van der Waals surface area contributed by atoms with Gasteiger partial charge in [0.25, 0.3) is 11.5 Å². The van der Waals surface area contributed by atoms with Crippen molar-refractivity contribution < 1.29 is 14.0 Å². The smallest absolute Gasteiger partial charge is 0.295 e. The molecular weight excluding hydrogens is 595 g/mol. The lowest BCUT2D eigenvalue weighted by Crippen LogP contribution is -2.32. The van der Waals surface area contributed by atoms with Crippen molar-refractivity contribution in [2.45, 2.75) is 30.1 Å². The number of para-hydroxylation sites is 1. The normalized spacial score (nSPS) is 13.6. The number of thioether (sulfide) groups is 1. The summed E-state index contributed by atoms with van der Waals surface area (Å²) in [5.41, 5.74) is 2.28. The molecule has 0 spiro atoms. The van der Waals surface area contributed by atoms with Crippen LogP contribution in [0.25, 0.3) is 5.69 Å². The zero-order valence-corrected chi connectivity index (χ0v) is 24.4. The van der Waals surface area contributed by atoms with Gasteiger partial charge >= 0.3 is 0 Å². The van der Waals surface area contributed by atoms with Crippen molar-refractivity contribution in [1.29, 1.82) is 0 Å². The first-order valence-corrected chi connectivity index (χ1v) is 14.6. The van der Waals surface area contributed by atoms with Gasteiger partial charge in [-0.3, -0.25) is 19.1 Å². The molecule has 7 nitrogen and oxygen atoms in total. The Morgan fingerprint density at radius 2 is 1.75 bits per heavy atom. The molecule has 1 saturated carbocycles. The number of halogens is 2. The summed E-state index contributed by atoms with van der Waals surface area (Å²) in [6, 6.07) is 21.1. The van der Waals surface area contributed by atoms with Crippen molar-refractivity contribution in [1.82, 2.24) is 14.7 Å². The summed E-state index contributed by atoms with van der Waals surface area (Å²) in [4.78, 5) is 39.8. The summed E-state index contributed by atoms with van der Waals surface area (Å²) >= 11 is 4.58. The molecule has 0 bridgehead atoms. The predicted octanol–water partition coefficient (Wildman–Crippen LogP) is 5.58. The van der Waals surface area contributed by atoms with Gasteiger partial charge in [0.1, 0.15) is 11.5 Å². The lowest BCUT2D eigenvalue weighted by Gasteiger charge is -2.18. The van der Waals surface area contributed by atoms with Crippen molar-refractivity contribution in [3.63, 3.8) is 0 Å². The third kappa shape index (κ3) is 5.78. The minimum absolute atomic E-state index is 0.0185. The van der Waals surface area contributed by atoms with Crippen LogP contribution in [0.4, 0.5) is 10.1 Å². The molecule has 1 aliphatic carbocycles. The topological polar surface area (TPSA) is 85.1 Å². The Balaban J connectivity index is 1.24. The average molecular weight is 624 g/mol. The molecule has 0 unspecified atom stereocenters. The molecule has 0 radical (unpaired) electrons. The Labute approximate surface area is 243 Å². The van der Waals surface area contributed by atoms with Crippen LogP contribution in [0.2, 0.25) is 0 Å². The van der Waals surface area contributed by atoms with E-state index in [1.807, 2.05) is 42.5 Å². The van der Waals surface area contributed by atoms with Gasteiger partial charge in [-0.1, -0.05) is 46.3 Å². The summed E-state index contributed by atoms with van der Waals surface area (Å²) in [6.45, 7) is 2.17. The number of nitrogens with zero attached hydrogens (tertiary/aromatic N) is 2. The largest absolute Gasteiger partial charge is 0.351 e. The molecule has 40 heavy (non-hydrogen) atoms. The van der Waals surface area contributed by atoms with E-state index in [4.69, 9.17) is 0 Å². The Kier molecular flexibility index (Phi) is 8.00. The molecule has 0 aliphatic heterocycles. The third-order valence-corrected chi connectivity index (χ3v) is 8.76. The number of aromatic nitrogens is 2. The summed E-state index contributed by atoms with van der Waals surface area (Å²) in [6.07, 6.45) is 1.73. The minimum atomic E-state index is -0.347. The van der Waals surface area contributed by atoms with Gasteiger partial charge in [0, 0.05) is 28.4 Å². The number of anilines is 1. The number of carbonyl (C=O) groups is 2. The molecule has 1 aromatic heterocycles. The minimum Gasteiger partial charge on any atom is -0.351 e. The van der Waals surface area contributed by atoms with E-state index in [0.717, 1.165) is 18.4 Å². The maximum absolute atomic E-state index is 14.0. The van der Waals surface area contributed by atoms with Gasteiger partial charge < -0.3 is 10.6 Å². The van der Waals surface area contributed by atoms with Crippen molar-refractivity contribution >= 4 is 45.2 Å². The highest BCUT2D eigenvalue weighted by Crippen LogP contribution is 2.48. The van der Waals surface area contributed by atoms with E-state index in [2.05, 4.69) is 26.6 Å². The number of amides is 2. The van der Waals surface area contributed by atoms with E-state index in [-0.39, 0.29) is 40.0 Å². The summed E-state index contributed by atoms with van der Waals surface area (Å²) in [5, 5.41) is 5.77. The highest BCUT2D eigenvalue weighted by atomic mass is 79.9. The lowest BCUT2D eigenvalue weighted by atomic mass is 9.95. The molecule has 2 N–H and O–H groups in total. The number of hydrogen-bond acceptors (Lipinski definition) is 4. The Morgan fingerprint density at radius 1 is 1.05 bits per heavy atom. The van der Waals surface area contributed by atoms with Crippen LogP contribution in [-0.4, -0.2) is 33.5 Å². The van der Waals surface area contributed by atoms with Crippen molar-refractivity contribution in [2.75, 3.05) is 17.6 Å². The maximum Gasteiger partial charge on any atom is 0.295 e. The van der Waals surface area contributed by atoms with Crippen LogP contribution in [0.3, 0.4) is 0 Å². The van der Waals surface area contributed by atoms with E-state index < -0.39 is 0 Å². The summed E-state index contributed by atoms with van der Waals surface area (Å²) in [7, 11) is 1.77. The first kappa shape index (κ1) is 27.9. The highest BCUT2D eigenvalue weighted by Gasteiger charge is 2.44. The summed E-state index contributed by atoms with van der Waals surface area (Å²) in [5.74, 6) is -0.897. The van der Waals surface area contributed by atoms with E-state index in [1.165, 1.54) is 28.6 Å². The second-order valence-electron chi connectivity index (χ2n) is 9.89. The highest BCUT2D eigenvalue weighted by molar-refractivity contribution is 9.10. The van der Waals surface area contributed by atoms with E-state index >= 15 is 0 Å². The SMILES string of the molecule is Cc1c(NC(=O)CSc2ccccc2C(=O)NCC2(c3cc(F)cc(Br)c3)CC2)c(=O)n(-c2ccccc2)n1C. The lowest BCUT2D eigenvalue weighted by molar-refractivity contribution is -0.113. The number of carbonyl (C=O) groups excluding carboxylic acids is 2. The molecule has 0 atom stereocenters. The Hall–Kier alpha value is -3.63. The van der Waals surface area contributed by atoms with Crippen LogP contribution in [-0.2, 0) is 17.3 Å². The van der Waals surface area contributed by atoms with E-state index in [9.17, 15) is 18.8 Å². The quantitative estimate of drug-likeness (QED) is 0.239. The van der Waals surface area contributed by atoms with Gasteiger partial charge in [-0.2, -0.15) is 0 Å². The van der Waals surface area contributed by atoms with E-state index in [1.54, 1.807) is 36.9 Å². The molecule has 5 rings (SSSR count). The zero-order chi connectivity index (χ0) is 28.4. The van der Waals surface area contributed by atoms with Gasteiger partial charge in [-0.15, -0.1) is 11.8 Å². The van der Waals surface area contributed by atoms with Crippen LogP contribution in [0.5, 0.6) is 0 Å². The van der Waals surface area contributed by atoms with Crippen molar-refractivity contribution in [3.8, 4) is 5.69 Å². The second kappa shape index (κ2) is 11.5. The standard InChI is InChI=1S/C30H28BrFN4O3S/c1-19-27(29(39)36(35(19)2)23-8-4-3-5-9-23)34-26(37)17-40-25-11-7-6-10-24(25)28(38)33-18-30(12-13-30)20-14-21(31)16-22(32)15-20/h3-11,14-16H,12-13,17-18H2,1-2H3,(H,33,38)(H,34,37). The zero-order valence-electron chi connectivity index (χ0n) is 22.0. The molecule has 1 fully saturated rings. The molecule has 206 valence electrons. The van der Waals surface area contributed by atoms with Crippen molar-refractivity contribution in [3.05, 3.63) is 110 Å². The van der Waals surface area contributed by atoms with Gasteiger partial charge in [0.15, 0.2) is 0 Å². The molecule has 1 aliphatic rings. The predicted molar refractivity (Wildman–Crippen MR) is 159 cm³/mol. The number of benzene rings is 3. The fourth-order valence-corrected chi connectivity index (χ4v) is 6.05. The van der Waals surface area contributed by atoms with Gasteiger partial charge in [-0.25, -0.2) is 9.07 Å². The third-order valence-electron chi connectivity index (χ3n) is 7.22. The molecule has 2 amide bonds. The molecule has 4 aromatic rings. The average Bonchev–Trinajstić information content (AvgIpc) is 3.71. The van der Waals surface area contributed by atoms with Crippen LogP contribution in [0.1, 0.15) is 34.5 Å². The Morgan fingerprint density at radius 3 is 2.45 bits per heavy atom. The summed E-state index contributed by atoms with van der Waals surface area (Å²) < 4.78 is 17.8. The first-order chi connectivity index (χ1) is 19.2. The van der Waals surface area contributed by atoms with Crippen LogP contribution < -0.4 is 16.2 Å². The fourth-order valence-electron chi connectivity index (χ4n) is 4.73. The molecule has 3 aromatic carbocycles. The number of nitrogens with one attached hydrogen (secondary N) is 2. The van der Waals surface area contributed by atoms with Crippen LogP contribution >= 0.6 is 27.7 Å². The van der Waals surface area contributed by atoms with Gasteiger partial charge in [0.2, 0.25) is 5.91 Å². The van der Waals surface area contributed by atoms with Gasteiger partial charge in [0.05, 0.1) is 22.7 Å². The first-order valence-electron chi connectivity index (χ1n) is 12.8. The van der Waals surface area contributed by atoms with E-state index in [0.29, 0.717) is 32.9 Å². The monoisotopic (exact) mass is 622 g/mol. The maximum atomic E-state index is 14.0. The fraction of sp³-hybridized carbons (Fsp3) is 0.233. The van der Waals surface area contributed by atoms with Crippen LogP contribution in [0, 0.1) is 12.7 Å². The number of hydrogen-bond donors (Lipinski definition) is 2. The molecule has 0 saturated heterocycles. The van der Waals surface area contributed by atoms with Crippen LogP contribution in [0.15, 0.2) is 87.0 Å². The Bertz CT molecular complexity index is 1630. The van der Waals surface area contributed by atoms with Gasteiger partial charge in [-0.05, 0) is 67.8 Å². The molecular formula is C30H28BrFN4O3S.